The van der Waals surface area contributed by atoms with E-state index in [1.54, 1.807) is 11.0 Å². The van der Waals surface area contributed by atoms with Crippen LogP contribution in [0.2, 0.25) is 0 Å². The van der Waals surface area contributed by atoms with Crippen LogP contribution < -0.4 is 10.6 Å². The molecule has 0 saturated carbocycles. The van der Waals surface area contributed by atoms with Gasteiger partial charge in [-0.2, -0.15) is 18.4 Å². The van der Waals surface area contributed by atoms with E-state index in [9.17, 15) is 18.4 Å². The molecule has 0 amide bonds. The molecule has 1 aliphatic rings. The van der Waals surface area contributed by atoms with Gasteiger partial charge >= 0.3 is 6.18 Å². The van der Waals surface area contributed by atoms with Gasteiger partial charge in [0.1, 0.15) is 17.5 Å². The van der Waals surface area contributed by atoms with Crippen molar-refractivity contribution in [1.82, 2.24) is 4.98 Å². The molecule has 24 heavy (non-hydrogen) atoms. The van der Waals surface area contributed by atoms with Gasteiger partial charge in [-0.15, -0.1) is 0 Å². The number of hydrogen-bond donors (Lipinski definition) is 2. The van der Waals surface area contributed by atoms with Crippen LogP contribution >= 0.6 is 0 Å². The predicted molar refractivity (Wildman–Crippen MR) is 83.4 cm³/mol. The second kappa shape index (κ2) is 7.31. The third-order valence-corrected chi connectivity index (χ3v) is 3.51. The smallest absolute Gasteiger partial charge is 0.404 e. The number of allylic oxidation sites excluding steroid dienone is 1. The summed E-state index contributed by atoms with van der Waals surface area (Å²) in [7, 11) is 0. The van der Waals surface area contributed by atoms with E-state index in [4.69, 9.17) is 10.8 Å². The molecule has 1 saturated heterocycles. The summed E-state index contributed by atoms with van der Waals surface area (Å²) in [4.78, 5) is 9.67. The SMILES string of the molecule is N#Cc1c(C(F)(F)F)cc(/C(C=NCCO)=C/N)nc1N1CCC1. The zero-order valence-electron chi connectivity index (χ0n) is 12.7. The van der Waals surface area contributed by atoms with Crippen LogP contribution in [0.4, 0.5) is 19.0 Å². The Kier molecular flexibility index (Phi) is 5.41. The average molecular weight is 339 g/mol. The molecular weight excluding hydrogens is 323 g/mol. The van der Waals surface area contributed by atoms with E-state index in [0.717, 1.165) is 18.7 Å². The van der Waals surface area contributed by atoms with Crippen LogP contribution in [0.1, 0.15) is 23.2 Å². The van der Waals surface area contributed by atoms with Gasteiger partial charge in [-0.3, -0.25) is 4.99 Å². The van der Waals surface area contributed by atoms with E-state index in [1.165, 1.54) is 6.21 Å². The number of rotatable bonds is 5. The fourth-order valence-electron chi connectivity index (χ4n) is 2.19. The Morgan fingerprint density at radius 1 is 1.50 bits per heavy atom. The molecule has 0 bridgehead atoms. The second-order valence-electron chi connectivity index (χ2n) is 5.08. The lowest BCUT2D eigenvalue weighted by atomic mass is 10.0. The van der Waals surface area contributed by atoms with Crippen molar-refractivity contribution in [3.63, 3.8) is 0 Å². The van der Waals surface area contributed by atoms with Crippen LogP contribution in [0.25, 0.3) is 5.57 Å². The minimum absolute atomic E-state index is 0.00323. The molecule has 1 aromatic heterocycles. The Hall–Kier alpha value is -2.60. The number of nitrogens with two attached hydrogens (primary N) is 1. The quantitative estimate of drug-likeness (QED) is 0.793. The molecule has 0 unspecified atom stereocenters. The van der Waals surface area contributed by atoms with E-state index < -0.39 is 17.3 Å². The molecule has 2 rings (SSSR count). The Bertz CT molecular complexity index is 702. The minimum Gasteiger partial charge on any atom is -0.404 e. The van der Waals surface area contributed by atoms with Gasteiger partial charge in [-0.1, -0.05) is 0 Å². The summed E-state index contributed by atoms with van der Waals surface area (Å²) < 4.78 is 40.0. The highest BCUT2D eigenvalue weighted by atomic mass is 19.4. The molecule has 128 valence electrons. The molecule has 0 atom stereocenters. The Labute approximate surface area is 136 Å². The lowest BCUT2D eigenvalue weighted by molar-refractivity contribution is -0.137. The molecule has 1 aliphatic heterocycles. The Morgan fingerprint density at radius 3 is 2.67 bits per heavy atom. The van der Waals surface area contributed by atoms with Crippen molar-refractivity contribution in [2.24, 2.45) is 10.7 Å². The normalized spacial score (nSPS) is 15.5. The summed E-state index contributed by atoms with van der Waals surface area (Å²) in [6.07, 6.45) is -1.51. The number of halogens is 3. The van der Waals surface area contributed by atoms with Crippen LogP contribution in [0.5, 0.6) is 0 Å². The summed E-state index contributed by atoms with van der Waals surface area (Å²) in [5, 5.41) is 17.9. The number of aliphatic hydroxyl groups is 1. The first-order valence-corrected chi connectivity index (χ1v) is 7.22. The van der Waals surface area contributed by atoms with Crippen LogP contribution in [0, 0.1) is 11.3 Å². The maximum Gasteiger partial charge on any atom is 0.417 e. The molecule has 0 aromatic carbocycles. The van der Waals surface area contributed by atoms with Crippen LogP contribution in [0.3, 0.4) is 0 Å². The van der Waals surface area contributed by atoms with Gasteiger partial charge in [-0.05, 0) is 12.5 Å². The van der Waals surface area contributed by atoms with E-state index >= 15 is 0 Å². The number of aromatic nitrogens is 1. The van der Waals surface area contributed by atoms with Gasteiger partial charge in [0, 0.05) is 31.1 Å². The summed E-state index contributed by atoms with van der Waals surface area (Å²) >= 11 is 0. The number of nitrogens with zero attached hydrogens (tertiary/aromatic N) is 4. The van der Waals surface area contributed by atoms with Gasteiger partial charge in [0.2, 0.25) is 0 Å². The molecule has 9 heteroatoms. The zero-order valence-corrected chi connectivity index (χ0v) is 12.7. The number of aliphatic hydroxyl groups excluding tert-OH is 1. The molecule has 0 radical (unpaired) electrons. The maximum absolute atomic E-state index is 13.3. The van der Waals surface area contributed by atoms with Crippen molar-refractivity contribution in [1.29, 1.82) is 5.26 Å². The molecule has 0 spiro atoms. The lowest BCUT2D eigenvalue weighted by Crippen LogP contribution is -2.38. The summed E-state index contributed by atoms with van der Waals surface area (Å²) in [5.74, 6) is 0.00323. The lowest BCUT2D eigenvalue weighted by Gasteiger charge is -2.33. The fraction of sp³-hybridized carbons (Fsp3) is 0.400. The molecule has 6 nitrogen and oxygen atoms in total. The largest absolute Gasteiger partial charge is 0.417 e. The van der Waals surface area contributed by atoms with Crippen molar-refractivity contribution < 1.29 is 18.3 Å². The Balaban J connectivity index is 2.58. The molecule has 1 aromatic rings. The van der Waals surface area contributed by atoms with E-state index in [1.807, 2.05) is 0 Å². The molecule has 1 fully saturated rings. The van der Waals surface area contributed by atoms with Crippen molar-refractivity contribution in [2.45, 2.75) is 12.6 Å². The first-order chi connectivity index (χ1) is 11.4. The standard InChI is InChI=1S/C15H16F3N5O/c16-15(17,18)12-6-13(10(7-19)9-21-2-5-24)22-14(11(12)8-20)23-3-1-4-23/h6-7,9,24H,1-5,19H2/b10-7+,21-9?. The highest BCUT2D eigenvalue weighted by molar-refractivity contribution is 6.09. The van der Waals surface area contributed by atoms with Crippen LogP contribution in [-0.4, -0.2) is 42.5 Å². The van der Waals surface area contributed by atoms with Gasteiger partial charge in [0.15, 0.2) is 0 Å². The van der Waals surface area contributed by atoms with Crippen molar-refractivity contribution in [3.05, 3.63) is 29.1 Å². The summed E-state index contributed by atoms with van der Waals surface area (Å²) in [5.41, 5.74) is 4.09. The summed E-state index contributed by atoms with van der Waals surface area (Å²) in [6, 6.07) is 2.41. The molecular formula is C15H16F3N5O. The Morgan fingerprint density at radius 2 is 2.21 bits per heavy atom. The fourth-order valence-corrected chi connectivity index (χ4v) is 2.19. The third kappa shape index (κ3) is 3.65. The number of alkyl halides is 3. The maximum atomic E-state index is 13.3. The monoisotopic (exact) mass is 339 g/mol. The average Bonchev–Trinajstić information content (AvgIpc) is 2.48. The van der Waals surface area contributed by atoms with Gasteiger partial charge in [-0.25, -0.2) is 4.98 Å². The number of nitriles is 1. The van der Waals surface area contributed by atoms with Gasteiger partial charge in [0.25, 0.3) is 0 Å². The number of pyridine rings is 1. The van der Waals surface area contributed by atoms with Crippen molar-refractivity contribution >= 4 is 17.6 Å². The van der Waals surface area contributed by atoms with E-state index in [0.29, 0.717) is 13.1 Å². The third-order valence-electron chi connectivity index (χ3n) is 3.51. The molecule has 2 heterocycles. The van der Waals surface area contributed by atoms with Crippen LogP contribution in [-0.2, 0) is 6.18 Å². The van der Waals surface area contributed by atoms with E-state index in [2.05, 4.69) is 9.98 Å². The number of anilines is 1. The van der Waals surface area contributed by atoms with E-state index in [-0.39, 0.29) is 30.2 Å². The minimum atomic E-state index is -4.69. The van der Waals surface area contributed by atoms with Crippen molar-refractivity contribution in [3.8, 4) is 6.07 Å². The highest BCUT2D eigenvalue weighted by Gasteiger charge is 2.37. The number of hydrogen-bond acceptors (Lipinski definition) is 6. The molecule has 3 N–H and O–H groups in total. The highest BCUT2D eigenvalue weighted by Crippen LogP contribution is 2.37. The van der Waals surface area contributed by atoms with Gasteiger partial charge < -0.3 is 15.7 Å². The first-order valence-electron chi connectivity index (χ1n) is 7.22. The molecule has 0 aliphatic carbocycles. The predicted octanol–water partition coefficient (Wildman–Crippen LogP) is 1.54. The topological polar surface area (TPSA) is 98.5 Å². The first kappa shape index (κ1) is 17.7. The second-order valence-corrected chi connectivity index (χ2v) is 5.08. The zero-order chi connectivity index (χ0) is 17.7. The van der Waals surface area contributed by atoms with Gasteiger partial charge in [0.05, 0.1) is 24.4 Å². The van der Waals surface area contributed by atoms with Crippen LogP contribution in [0.15, 0.2) is 17.3 Å². The number of aliphatic imine (C=N–C) groups is 1. The van der Waals surface area contributed by atoms with Crippen molar-refractivity contribution in [2.75, 3.05) is 31.1 Å². The summed E-state index contributed by atoms with van der Waals surface area (Å²) in [6.45, 7) is 0.992.